The maximum Gasteiger partial charge on any atom is 0.416 e. The van der Waals surface area contributed by atoms with Gasteiger partial charge in [0.2, 0.25) is 5.91 Å². The van der Waals surface area contributed by atoms with E-state index in [1.165, 1.54) is 24.1 Å². The quantitative estimate of drug-likeness (QED) is 0.606. The number of piperidine rings is 1. The van der Waals surface area contributed by atoms with Gasteiger partial charge in [-0.15, -0.1) is 0 Å². The zero-order valence-corrected chi connectivity index (χ0v) is 17.9. The Kier molecular flexibility index (Phi) is 7.07. The van der Waals surface area contributed by atoms with E-state index in [9.17, 15) is 35.5 Å². The highest BCUT2D eigenvalue weighted by Gasteiger charge is 2.38. The fourth-order valence-corrected chi connectivity index (χ4v) is 4.29. The van der Waals surface area contributed by atoms with Gasteiger partial charge in [-0.3, -0.25) is 4.79 Å². The zero-order chi connectivity index (χ0) is 24.6. The van der Waals surface area contributed by atoms with Crippen molar-refractivity contribution in [3.8, 4) is 0 Å². The van der Waals surface area contributed by atoms with Crippen molar-refractivity contribution in [3.05, 3.63) is 70.0 Å². The Morgan fingerprint density at radius 2 is 1.64 bits per heavy atom. The van der Waals surface area contributed by atoms with Crippen LogP contribution in [0, 0.1) is 12.7 Å². The van der Waals surface area contributed by atoms with Crippen molar-refractivity contribution < 1.29 is 35.5 Å². The number of nitrogens with one attached hydrogen (secondary N) is 1. The Balaban J connectivity index is 1.87. The number of alkyl halides is 6. The second-order valence-electron chi connectivity index (χ2n) is 8.26. The van der Waals surface area contributed by atoms with Gasteiger partial charge in [0.1, 0.15) is 5.82 Å². The summed E-state index contributed by atoms with van der Waals surface area (Å²) < 4.78 is 92.3. The van der Waals surface area contributed by atoms with Crippen LogP contribution in [0.1, 0.15) is 40.2 Å². The lowest BCUT2D eigenvalue weighted by molar-refractivity contribution is -0.143. The molecular formula is C23H23F7N2O. The van der Waals surface area contributed by atoms with Crippen molar-refractivity contribution in [1.29, 1.82) is 0 Å². The summed E-state index contributed by atoms with van der Waals surface area (Å²) in [4.78, 5) is 14.3. The Labute approximate surface area is 186 Å². The number of hydrogen-bond donors (Lipinski definition) is 1. The van der Waals surface area contributed by atoms with Crippen molar-refractivity contribution in [2.24, 2.45) is 0 Å². The predicted octanol–water partition coefficient (Wildman–Crippen LogP) is 5.32. The number of halogens is 7. The molecule has 2 atom stereocenters. The highest BCUT2D eigenvalue weighted by atomic mass is 19.4. The molecule has 1 saturated heterocycles. The highest BCUT2D eigenvalue weighted by Crippen LogP contribution is 2.37. The minimum Gasteiger partial charge on any atom is -0.342 e. The second kappa shape index (κ2) is 9.32. The summed E-state index contributed by atoms with van der Waals surface area (Å²) in [5.74, 6) is -1.20. The summed E-state index contributed by atoms with van der Waals surface area (Å²) in [6.07, 6.45) is -10.0. The number of hydrogen-bond acceptors (Lipinski definition) is 2. The lowest BCUT2D eigenvalue weighted by Crippen LogP contribution is -2.49. The van der Waals surface area contributed by atoms with Crippen molar-refractivity contribution >= 4 is 5.91 Å². The van der Waals surface area contributed by atoms with Crippen LogP contribution in [-0.4, -0.2) is 37.0 Å². The van der Waals surface area contributed by atoms with Gasteiger partial charge in [0.25, 0.3) is 0 Å². The standard InChI is InChI=1S/C23H23F7N2O/c1-13-7-17(24)3-4-18(13)19-12-31-6-5-20(19)32(2)21(33)10-14-8-15(22(25,26)27)11-16(9-14)23(28,29)30/h3-4,7-9,11,19-20,31H,5-6,10,12H2,1-2H3/t19-,20+/m1/s1. The third-order valence-electron chi connectivity index (χ3n) is 5.97. The average Bonchev–Trinajstić information content (AvgIpc) is 2.72. The molecule has 3 nitrogen and oxygen atoms in total. The van der Waals surface area contributed by atoms with Gasteiger partial charge in [0.05, 0.1) is 17.5 Å². The van der Waals surface area contributed by atoms with Gasteiger partial charge >= 0.3 is 12.4 Å². The Morgan fingerprint density at radius 3 is 2.18 bits per heavy atom. The van der Waals surface area contributed by atoms with E-state index in [1.54, 1.807) is 13.0 Å². The van der Waals surface area contributed by atoms with Gasteiger partial charge in [-0.25, -0.2) is 4.39 Å². The van der Waals surface area contributed by atoms with Gasteiger partial charge in [0.15, 0.2) is 0 Å². The van der Waals surface area contributed by atoms with E-state index in [4.69, 9.17) is 0 Å². The van der Waals surface area contributed by atoms with Crippen LogP contribution in [0.4, 0.5) is 30.7 Å². The third-order valence-corrected chi connectivity index (χ3v) is 5.97. The molecule has 2 aromatic carbocycles. The maximum absolute atomic E-state index is 13.5. The summed E-state index contributed by atoms with van der Waals surface area (Å²) >= 11 is 0. The molecule has 0 spiro atoms. The molecule has 2 aromatic rings. The molecule has 33 heavy (non-hydrogen) atoms. The topological polar surface area (TPSA) is 32.3 Å². The molecule has 1 aliphatic heterocycles. The first-order valence-corrected chi connectivity index (χ1v) is 10.3. The molecule has 3 rings (SSSR count). The molecule has 180 valence electrons. The monoisotopic (exact) mass is 476 g/mol. The molecule has 0 aromatic heterocycles. The summed E-state index contributed by atoms with van der Waals surface area (Å²) in [5, 5.41) is 3.22. The number of benzene rings is 2. The summed E-state index contributed by atoms with van der Waals surface area (Å²) in [6, 6.07) is 5.17. The van der Waals surface area contributed by atoms with Crippen molar-refractivity contribution in [2.45, 2.75) is 44.1 Å². The number of carbonyl (C=O) groups excluding carboxylic acids is 1. The molecular weight excluding hydrogens is 453 g/mol. The maximum atomic E-state index is 13.5. The number of carbonyl (C=O) groups is 1. The normalized spacial score (nSPS) is 19.4. The fraction of sp³-hybridized carbons (Fsp3) is 0.435. The SMILES string of the molecule is Cc1cc(F)ccc1[C@H]1CNCC[C@@H]1N(C)C(=O)Cc1cc(C(F)(F)F)cc(C(F)(F)F)c1. The minimum absolute atomic E-state index is 0.0395. The second-order valence-corrected chi connectivity index (χ2v) is 8.26. The van der Waals surface area contributed by atoms with E-state index in [0.29, 0.717) is 37.2 Å². The molecule has 0 unspecified atom stereocenters. The van der Waals surface area contributed by atoms with Crippen LogP contribution in [0.25, 0.3) is 0 Å². The first-order chi connectivity index (χ1) is 15.3. The lowest BCUT2D eigenvalue weighted by atomic mass is 9.83. The van der Waals surface area contributed by atoms with Gasteiger partial charge in [-0.2, -0.15) is 26.3 Å². The van der Waals surface area contributed by atoms with Gasteiger partial charge in [0, 0.05) is 25.6 Å². The molecule has 0 aliphatic carbocycles. The molecule has 0 radical (unpaired) electrons. The first kappa shape index (κ1) is 25.0. The van der Waals surface area contributed by atoms with Crippen LogP contribution in [0.15, 0.2) is 36.4 Å². The van der Waals surface area contributed by atoms with Gasteiger partial charge < -0.3 is 10.2 Å². The van der Waals surface area contributed by atoms with Gasteiger partial charge in [-0.05, 0) is 66.9 Å². The van der Waals surface area contributed by atoms with E-state index in [2.05, 4.69) is 5.32 Å². The first-order valence-electron chi connectivity index (χ1n) is 10.3. The molecule has 0 saturated carbocycles. The van der Waals surface area contributed by atoms with E-state index < -0.39 is 41.6 Å². The number of rotatable bonds is 4. The van der Waals surface area contributed by atoms with Crippen LogP contribution >= 0.6 is 0 Å². The van der Waals surface area contributed by atoms with Crippen molar-refractivity contribution in [1.82, 2.24) is 10.2 Å². The lowest BCUT2D eigenvalue weighted by Gasteiger charge is -2.39. The Morgan fingerprint density at radius 1 is 1.03 bits per heavy atom. The predicted molar refractivity (Wildman–Crippen MR) is 108 cm³/mol. The van der Waals surface area contributed by atoms with Gasteiger partial charge in [-0.1, -0.05) is 6.07 Å². The van der Waals surface area contributed by atoms with E-state index in [-0.39, 0.29) is 23.6 Å². The largest absolute Gasteiger partial charge is 0.416 e. The smallest absolute Gasteiger partial charge is 0.342 e. The van der Waals surface area contributed by atoms with Crippen LogP contribution in [0.5, 0.6) is 0 Å². The van der Waals surface area contributed by atoms with E-state index in [0.717, 1.165) is 5.56 Å². The molecule has 1 N–H and O–H groups in total. The van der Waals surface area contributed by atoms with Crippen LogP contribution in [0.2, 0.25) is 0 Å². The summed E-state index contributed by atoms with van der Waals surface area (Å²) in [5.41, 5.74) is -1.75. The molecule has 0 bridgehead atoms. The van der Waals surface area contributed by atoms with E-state index >= 15 is 0 Å². The Hall–Kier alpha value is -2.62. The number of likely N-dealkylation sites (N-methyl/N-ethyl adjacent to an activating group) is 1. The van der Waals surface area contributed by atoms with Crippen molar-refractivity contribution in [2.75, 3.05) is 20.1 Å². The van der Waals surface area contributed by atoms with Crippen molar-refractivity contribution in [3.63, 3.8) is 0 Å². The number of aryl methyl sites for hydroxylation is 1. The highest BCUT2D eigenvalue weighted by molar-refractivity contribution is 5.79. The molecule has 1 fully saturated rings. The number of nitrogens with zero attached hydrogens (tertiary/aromatic N) is 1. The average molecular weight is 476 g/mol. The summed E-state index contributed by atoms with van der Waals surface area (Å²) in [6.45, 7) is 2.82. The van der Waals surface area contributed by atoms with Crippen LogP contribution in [-0.2, 0) is 23.6 Å². The molecule has 1 amide bonds. The fourth-order valence-electron chi connectivity index (χ4n) is 4.29. The minimum atomic E-state index is -4.98. The third kappa shape index (κ3) is 5.85. The van der Waals surface area contributed by atoms with E-state index in [1.807, 2.05) is 0 Å². The number of amides is 1. The molecule has 10 heteroatoms. The summed E-state index contributed by atoms with van der Waals surface area (Å²) in [7, 11) is 1.49. The molecule has 1 heterocycles. The zero-order valence-electron chi connectivity index (χ0n) is 17.9. The van der Waals surface area contributed by atoms with Crippen LogP contribution in [0.3, 0.4) is 0 Å². The van der Waals surface area contributed by atoms with Crippen LogP contribution < -0.4 is 5.32 Å². The molecule has 1 aliphatic rings. The Bertz CT molecular complexity index is 985.